The molecule has 5 rings (SSSR count). The molecule has 1 amide bonds. The Kier molecular flexibility index (Phi) is 6.24. The van der Waals surface area contributed by atoms with E-state index in [0.29, 0.717) is 22.6 Å². The van der Waals surface area contributed by atoms with E-state index in [1.54, 1.807) is 6.07 Å². The average molecular weight is 538 g/mol. The third-order valence-electron chi connectivity index (χ3n) is 5.77. The maximum Gasteiger partial charge on any atom is 0.416 e. The van der Waals surface area contributed by atoms with Gasteiger partial charge in [-0.1, -0.05) is 38.1 Å². The predicted molar refractivity (Wildman–Crippen MR) is 132 cm³/mol. The maximum atomic E-state index is 14.1. The van der Waals surface area contributed by atoms with Crippen molar-refractivity contribution in [3.8, 4) is 22.6 Å². The second-order valence-electron chi connectivity index (χ2n) is 9.67. The summed E-state index contributed by atoms with van der Waals surface area (Å²) in [5.41, 5.74) is -0.281. The molecule has 0 radical (unpaired) electrons. The summed E-state index contributed by atoms with van der Waals surface area (Å²) in [6.45, 7) is 5.08. The van der Waals surface area contributed by atoms with E-state index in [9.17, 15) is 22.8 Å². The van der Waals surface area contributed by atoms with E-state index in [4.69, 9.17) is 4.52 Å². The van der Waals surface area contributed by atoms with Gasteiger partial charge in [-0.2, -0.15) is 23.3 Å². The lowest BCUT2D eigenvalue weighted by molar-refractivity contribution is -0.138. The molecule has 0 aliphatic heterocycles. The molecule has 5 aromatic rings. The molecular weight excluding hydrogens is 517 g/mol. The van der Waals surface area contributed by atoms with Crippen LogP contribution in [-0.4, -0.2) is 41.2 Å². The van der Waals surface area contributed by atoms with E-state index >= 15 is 0 Å². The zero-order valence-electron chi connectivity index (χ0n) is 20.8. The molecule has 0 aliphatic carbocycles. The van der Waals surface area contributed by atoms with Crippen molar-refractivity contribution in [2.75, 3.05) is 0 Å². The van der Waals surface area contributed by atoms with Crippen molar-refractivity contribution in [2.45, 2.75) is 38.9 Å². The van der Waals surface area contributed by atoms with Crippen LogP contribution < -0.4 is 10.9 Å². The second kappa shape index (κ2) is 9.45. The lowest BCUT2D eigenvalue weighted by atomic mass is 9.96. The van der Waals surface area contributed by atoms with Gasteiger partial charge in [0.1, 0.15) is 5.69 Å². The number of imidazole rings is 1. The summed E-state index contributed by atoms with van der Waals surface area (Å²) in [6, 6.07) is 8.09. The Bertz CT molecular complexity index is 1730. The lowest BCUT2D eigenvalue weighted by Gasteiger charge is -2.15. The Morgan fingerprint density at radius 3 is 2.54 bits per heavy atom. The molecule has 0 bridgehead atoms. The fourth-order valence-corrected chi connectivity index (χ4v) is 3.78. The maximum absolute atomic E-state index is 14.1. The van der Waals surface area contributed by atoms with Crippen molar-refractivity contribution >= 4 is 17.1 Å². The predicted octanol–water partition coefficient (Wildman–Crippen LogP) is 4.00. The molecule has 0 saturated carbocycles. The van der Waals surface area contributed by atoms with Crippen LogP contribution in [0.4, 0.5) is 13.2 Å². The van der Waals surface area contributed by atoms with Gasteiger partial charge in [-0.25, -0.2) is 15.1 Å². The summed E-state index contributed by atoms with van der Waals surface area (Å²) >= 11 is 0. The second-order valence-corrected chi connectivity index (χ2v) is 9.67. The number of nitrogens with one attached hydrogen (secondary N) is 3. The summed E-state index contributed by atoms with van der Waals surface area (Å²) in [5, 5.41) is 12.4. The molecule has 4 heterocycles. The Morgan fingerprint density at radius 2 is 1.87 bits per heavy atom. The van der Waals surface area contributed by atoms with Gasteiger partial charge >= 0.3 is 18.0 Å². The molecule has 39 heavy (non-hydrogen) atoms. The number of aromatic nitrogens is 7. The van der Waals surface area contributed by atoms with Crippen molar-refractivity contribution < 1.29 is 22.5 Å². The number of hydrogen-bond acceptors (Lipinski definition) is 8. The van der Waals surface area contributed by atoms with E-state index < -0.39 is 35.2 Å². The van der Waals surface area contributed by atoms with Gasteiger partial charge in [0, 0.05) is 29.8 Å². The van der Waals surface area contributed by atoms with Crippen LogP contribution in [0.5, 0.6) is 0 Å². The number of aromatic amines is 2. The van der Waals surface area contributed by atoms with Gasteiger partial charge in [0.05, 0.1) is 11.1 Å². The molecule has 0 atom stereocenters. The number of amides is 1. The highest BCUT2D eigenvalue weighted by molar-refractivity contribution is 5.91. The number of carbonyl (C=O) groups excluding carboxylic acids is 1. The fourth-order valence-electron chi connectivity index (χ4n) is 3.78. The SMILES string of the molecule is CC(C)(C)c1noc(C(=O)NCc2ccc(-c3ccnc4nc(-c5ccc(=O)[nH]n5)[nH]c34)cc2C(F)(F)F)n1. The Balaban J connectivity index is 1.45. The van der Waals surface area contributed by atoms with Gasteiger partial charge < -0.3 is 14.8 Å². The fraction of sp³-hybridized carbons (Fsp3) is 0.240. The average Bonchev–Trinajstić information content (AvgIpc) is 3.55. The summed E-state index contributed by atoms with van der Waals surface area (Å²) in [4.78, 5) is 39.3. The zero-order chi connectivity index (χ0) is 27.9. The van der Waals surface area contributed by atoms with Gasteiger partial charge in [-0.05, 0) is 29.3 Å². The molecule has 200 valence electrons. The summed E-state index contributed by atoms with van der Waals surface area (Å²) in [7, 11) is 0. The molecule has 0 fully saturated rings. The first-order valence-electron chi connectivity index (χ1n) is 11.6. The van der Waals surface area contributed by atoms with Crippen molar-refractivity contribution in [1.29, 1.82) is 0 Å². The first-order chi connectivity index (χ1) is 18.4. The number of pyridine rings is 1. The third kappa shape index (κ3) is 5.26. The number of nitrogens with zero attached hydrogens (tertiary/aromatic N) is 5. The number of halogens is 3. The minimum atomic E-state index is -4.70. The quantitative estimate of drug-likeness (QED) is 0.303. The van der Waals surface area contributed by atoms with Crippen molar-refractivity contribution in [3.63, 3.8) is 0 Å². The number of benzene rings is 1. The summed E-state index contributed by atoms with van der Waals surface area (Å²) < 4.78 is 47.2. The first-order valence-corrected chi connectivity index (χ1v) is 11.6. The monoisotopic (exact) mass is 538 g/mol. The Labute approximate surface area is 217 Å². The van der Waals surface area contributed by atoms with Gasteiger partial charge in [0.25, 0.3) is 5.56 Å². The van der Waals surface area contributed by atoms with Gasteiger partial charge in [-0.15, -0.1) is 0 Å². The topological polar surface area (TPSA) is 155 Å². The molecule has 0 unspecified atom stereocenters. The van der Waals surface area contributed by atoms with E-state index in [-0.39, 0.29) is 28.5 Å². The number of H-pyrrole nitrogens is 2. The largest absolute Gasteiger partial charge is 0.416 e. The molecule has 0 saturated heterocycles. The molecule has 1 aromatic carbocycles. The van der Waals surface area contributed by atoms with Crippen LogP contribution in [0.15, 0.2) is 51.9 Å². The van der Waals surface area contributed by atoms with Crippen molar-refractivity contribution in [3.05, 3.63) is 75.8 Å². The number of rotatable bonds is 5. The highest BCUT2D eigenvalue weighted by Crippen LogP contribution is 2.36. The van der Waals surface area contributed by atoms with Crippen molar-refractivity contribution in [1.82, 2.24) is 40.6 Å². The third-order valence-corrected chi connectivity index (χ3v) is 5.77. The molecule has 11 nitrogen and oxygen atoms in total. The molecule has 0 spiro atoms. The molecule has 14 heteroatoms. The standard InChI is InChI=1S/C25H21F3N8O3/c1-24(2,3)23-33-22(39-36-23)21(38)30-11-13-5-4-12(10-15(13)25(26,27)28)14-8-9-29-20-18(14)31-19(32-20)16-6-7-17(37)35-34-16/h4-10H,11H2,1-3H3,(H,30,38)(H,35,37)(H,29,31,32). The smallest absolute Gasteiger partial charge is 0.344 e. The van der Waals surface area contributed by atoms with Crippen LogP contribution in [0.25, 0.3) is 33.8 Å². The molecular formula is C25H21F3N8O3. The van der Waals surface area contributed by atoms with Crippen LogP contribution in [0, 0.1) is 0 Å². The van der Waals surface area contributed by atoms with Gasteiger partial charge in [0.2, 0.25) is 0 Å². The van der Waals surface area contributed by atoms with Crippen molar-refractivity contribution in [2.24, 2.45) is 0 Å². The van der Waals surface area contributed by atoms with E-state index in [0.717, 1.165) is 6.07 Å². The highest BCUT2D eigenvalue weighted by atomic mass is 19.4. The summed E-state index contributed by atoms with van der Waals surface area (Å²) in [5.74, 6) is -0.537. The van der Waals surface area contributed by atoms with Gasteiger partial charge in [-0.3, -0.25) is 9.59 Å². The number of carbonyl (C=O) groups is 1. The minimum Gasteiger partial charge on any atom is -0.344 e. The van der Waals surface area contributed by atoms with E-state index in [2.05, 4.69) is 40.6 Å². The lowest BCUT2D eigenvalue weighted by Crippen LogP contribution is -2.25. The Hall–Kier alpha value is -4.88. The molecule has 3 N–H and O–H groups in total. The molecule has 4 aromatic heterocycles. The number of alkyl halides is 3. The van der Waals surface area contributed by atoms with Crippen LogP contribution in [0.3, 0.4) is 0 Å². The van der Waals surface area contributed by atoms with Crippen LogP contribution in [0.1, 0.15) is 48.4 Å². The van der Waals surface area contributed by atoms with Crippen LogP contribution in [-0.2, 0) is 18.1 Å². The highest BCUT2D eigenvalue weighted by Gasteiger charge is 2.34. The summed E-state index contributed by atoms with van der Waals surface area (Å²) in [6.07, 6.45) is -3.27. The Morgan fingerprint density at radius 1 is 1.08 bits per heavy atom. The van der Waals surface area contributed by atoms with Crippen LogP contribution >= 0.6 is 0 Å². The van der Waals surface area contributed by atoms with Gasteiger partial charge in [0.15, 0.2) is 17.3 Å². The first kappa shape index (κ1) is 25.8. The minimum absolute atomic E-state index is 0.150. The zero-order valence-corrected chi connectivity index (χ0v) is 20.8. The number of hydrogen-bond donors (Lipinski definition) is 3. The van der Waals surface area contributed by atoms with E-state index in [1.807, 2.05) is 20.8 Å². The van der Waals surface area contributed by atoms with Crippen LogP contribution in [0.2, 0.25) is 0 Å². The molecule has 0 aliphatic rings. The normalized spacial score (nSPS) is 12.2. The van der Waals surface area contributed by atoms with E-state index in [1.165, 1.54) is 30.5 Å². The number of fused-ring (bicyclic) bond motifs is 1.